The quantitative estimate of drug-likeness (QED) is 0.425. The first-order valence-electron chi connectivity index (χ1n) is 8.21. The van der Waals surface area contributed by atoms with E-state index in [9.17, 15) is 26.7 Å². The van der Waals surface area contributed by atoms with Crippen LogP contribution in [0.25, 0.3) is 10.9 Å². The Hall–Kier alpha value is -2.70. The fraction of sp³-hybridized carbons (Fsp3) is 0.250. The van der Waals surface area contributed by atoms with Crippen LogP contribution in [0.2, 0.25) is 0 Å². The molecule has 0 aliphatic heterocycles. The molecule has 142 valence electrons. The number of alkyl halides is 5. The Morgan fingerprint density at radius 1 is 1.00 bits per heavy atom. The summed E-state index contributed by atoms with van der Waals surface area (Å²) in [5.74, 6) is -8.16. The van der Waals surface area contributed by atoms with E-state index in [1.807, 2.05) is 0 Å². The number of benzene rings is 2. The molecule has 0 aliphatic rings. The smallest absolute Gasteiger partial charge is 0.361 e. The number of nitrogens with one attached hydrogen (secondary N) is 1. The minimum absolute atomic E-state index is 0.100. The number of hydrogen-bond donors (Lipinski definition) is 1. The van der Waals surface area contributed by atoms with Crippen molar-refractivity contribution in [2.75, 3.05) is 0 Å². The van der Waals surface area contributed by atoms with Crippen LogP contribution in [0, 0.1) is 6.92 Å². The average Bonchev–Trinajstić information content (AvgIpc) is 3.02. The van der Waals surface area contributed by atoms with Crippen molar-refractivity contribution in [3.8, 4) is 0 Å². The van der Waals surface area contributed by atoms with Crippen molar-refractivity contribution >= 4 is 16.7 Å². The SMILES string of the molecule is Cc1ccc(C(=O)C[C@H](c2c[nH]c3ccccc23)C(F)(F)C(F)(F)F)cc1. The van der Waals surface area contributed by atoms with Gasteiger partial charge in [0, 0.05) is 29.1 Å². The number of aryl methyl sites for hydroxylation is 1. The van der Waals surface area contributed by atoms with E-state index in [4.69, 9.17) is 0 Å². The van der Waals surface area contributed by atoms with Gasteiger partial charge in [-0.3, -0.25) is 4.79 Å². The molecule has 0 amide bonds. The highest BCUT2D eigenvalue weighted by atomic mass is 19.4. The maximum Gasteiger partial charge on any atom is 0.453 e. The van der Waals surface area contributed by atoms with Crippen molar-refractivity contribution in [3.63, 3.8) is 0 Å². The normalized spacial score (nSPS) is 13.7. The van der Waals surface area contributed by atoms with Gasteiger partial charge < -0.3 is 4.98 Å². The summed E-state index contributed by atoms with van der Waals surface area (Å²) in [4.78, 5) is 15.2. The van der Waals surface area contributed by atoms with Gasteiger partial charge in [-0.05, 0) is 18.6 Å². The van der Waals surface area contributed by atoms with E-state index in [0.717, 1.165) is 11.8 Å². The molecule has 1 N–H and O–H groups in total. The van der Waals surface area contributed by atoms with Crippen LogP contribution >= 0.6 is 0 Å². The Morgan fingerprint density at radius 3 is 2.26 bits per heavy atom. The Bertz CT molecular complexity index is 956. The van der Waals surface area contributed by atoms with Crippen LogP contribution in [0.4, 0.5) is 22.0 Å². The molecule has 1 heterocycles. The van der Waals surface area contributed by atoms with E-state index in [1.54, 1.807) is 37.3 Å². The first kappa shape index (κ1) is 19.1. The van der Waals surface area contributed by atoms with Crippen LogP contribution in [0.3, 0.4) is 0 Å². The molecule has 0 fully saturated rings. The Labute approximate surface area is 152 Å². The summed E-state index contributed by atoms with van der Waals surface area (Å²) < 4.78 is 68.0. The molecule has 2 aromatic carbocycles. The fourth-order valence-electron chi connectivity index (χ4n) is 3.06. The number of hydrogen-bond acceptors (Lipinski definition) is 1. The summed E-state index contributed by atoms with van der Waals surface area (Å²) in [6.45, 7) is 1.78. The molecule has 1 atom stereocenters. The van der Waals surface area contributed by atoms with Crippen LogP contribution < -0.4 is 0 Å². The van der Waals surface area contributed by atoms with Gasteiger partial charge in [-0.1, -0.05) is 48.0 Å². The Kier molecular flexibility index (Phi) is 4.80. The third-order valence-corrected chi connectivity index (χ3v) is 4.58. The van der Waals surface area contributed by atoms with E-state index >= 15 is 0 Å². The number of carbonyl (C=O) groups excluding carboxylic acids is 1. The first-order valence-corrected chi connectivity index (χ1v) is 8.21. The largest absolute Gasteiger partial charge is 0.453 e. The zero-order chi connectivity index (χ0) is 19.8. The number of aromatic amines is 1. The van der Waals surface area contributed by atoms with Crippen molar-refractivity contribution in [2.45, 2.75) is 31.4 Å². The Balaban J connectivity index is 2.05. The number of Topliss-reactive ketones (excluding diaryl/α,β-unsaturated/α-hetero) is 1. The summed E-state index contributed by atoms with van der Waals surface area (Å²) in [6.07, 6.45) is -5.61. The van der Waals surface area contributed by atoms with Gasteiger partial charge in [-0.15, -0.1) is 0 Å². The van der Waals surface area contributed by atoms with Gasteiger partial charge in [0.25, 0.3) is 0 Å². The van der Waals surface area contributed by atoms with Crippen molar-refractivity contribution in [2.24, 2.45) is 0 Å². The molecule has 0 bridgehead atoms. The number of H-pyrrole nitrogens is 1. The van der Waals surface area contributed by atoms with Crippen LogP contribution in [-0.2, 0) is 0 Å². The van der Waals surface area contributed by atoms with Gasteiger partial charge in [-0.25, -0.2) is 0 Å². The van der Waals surface area contributed by atoms with E-state index < -0.39 is 30.2 Å². The van der Waals surface area contributed by atoms with E-state index in [2.05, 4.69) is 4.98 Å². The second-order valence-electron chi connectivity index (χ2n) is 6.46. The zero-order valence-electron chi connectivity index (χ0n) is 14.3. The highest BCUT2D eigenvalue weighted by Crippen LogP contribution is 2.49. The maximum absolute atomic E-state index is 14.3. The lowest BCUT2D eigenvalue weighted by Gasteiger charge is -2.28. The van der Waals surface area contributed by atoms with E-state index in [1.165, 1.54) is 18.2 Å². The number of halogens is 5. The molecule has 0 spiro atoms. The lowest BCUT2D eigenvalue weighted by molar-refractivity contribution is -0.290. The molecule has 0 saturated heterocycles. The molecule has 0 radical (unpaired) electrons. The second kappa shape index (κ2) is 6.79. The standard InChI is InChI=1S/C20H16F5NO/c1-12-6-8-13(9-7-12)18(27)10-16(19(21,22)20(23,24)25)15-11-26-17-5-3-2-4-14(15)17/h2-9,11,16,26H,10H2,1H3/t16-/m1/s1. The van der Waals surface area contributed by atoms with Crippen molar-refractivity contribution in [3.05, 3.63) is 71.4 Å². The zero-order valence-corrected chi connectivity index (χ0v) is 14.3. The van der Waals surface area contributed by atoms with Gasteiger partial charge in [0.15, 0.2) is 5.78 Å². The highest BCUT2D eigenvalue weighted by molar-refractivity contribution is 5.97. The van der Waals surface area contributed by atoms with Crippen molar-refractivity contribution < 1.29 is 26.7 Å². The predicted molar refractivity (Wildman–Crippen MR) is 92.2 cm³/mol. The summed E-state index contributed by atoms with van der Waals surface area (Å²) in [6, 6.07) is 12.3. The van der Waals surface area contributed by atoms with Crippen molar-refractivity contribution in [1.29, 1.82) is 0 Å². The molecular weight excluding hydrogens is 365 g/mol. The molecular formula is C20H16F5NO. The molecule has 3 rings (SSSR count). The lowest BCUT2D eigenvalue weighted by Crippen LogP contribution is -2.43. The summed E-state index contributed by atoms with van der Waals surface area (Å²) in [7, 11) is 0. The minimum Gasteiger partial charge on any atom is -0.361 e. The fourth-order valence-corrected chi connectivity index (χ4v) is 3.06. The van der Waals surface area contributed by atoms with Crippen LogP contribution in [0.5, 0.6) is 0 Å². The summed E-state index contributed by atoms with van der Waals surface area (Å²) in [5, 5.41) is 0.239. The molecule has 3 aromatic rings. The second-order valence-corrected chi connectivity index (χ2v) is 6.46. The number of ketones is 1. The topological polar surface area (TPSA) is 32.9 Å². The number of para-hydroxylation sites is 1. The van der Waals surface area contributed by atoms with Crippen molar-refractivity contribution in [1.82, 2.24) is 4.98 Å². The van der Waals surface area contributed by atoms with Gasteiger partial charge in [0.2, 0.25) is 0 Å². The van der Waals surface area contributed by atoms with E-state index in [0.29, 0.717) is 5.52 Å². The first-order chi connectivity index (χ1) is 12.6. The molecule has 7 heteroatoms. The number of fused-ring (bicyclic) bond motifs is 1. The van der Waals surface area contributed by atoms with Crippen LogP contribution in [-0.4, -0.2) is 22.9 Å². The van der Waals surface area contributed by atoms with Crippen LogP contribution in [0.1, 0.15) is 33.8 Å². The predicted octanol–water partition coefficient (Wildman–Crippen LogP) is 6.03. The third kappa shape index (κ3) is 3.59. The minimum atomic E-state index is -5.77. The maximum atomic E-state index is 14.3. The Morgan fingerprint density at radius 2 is 1.63 bits per heavy atom. The van der Waals surface area contributed by atoms with E-state index in [-0.39, 0.29) is 16.5 Å². The molecule has 1 aromatic heterocycles. The van der Waals surface area contributed by atoms with Gasteiger partial charge in [0.05, 0.1) is 5.92 Å². The average molecular weight is 381 g/mol. The molecule has 0 saturated carbocycles. The third-order valence-electron chi connectivity index (χ3n) is 4.58. The summed E-state index contributed by atoms with van der Waals surface area (Å²) >= 11 is 0. The summed E-state index contributed by atoms with van der Waals surface area (Å²) in [5.41, 5.74) is 1.15. The number of carbonyl (C=O) groups is 1. The lowest BCUT2D eigenvalue weighted by atomic mass is 9.85. The molecule has 0 unspecified atom stereocenters. The van der Waals surface area contributed by atoms with Gasteiger partial charge in [0.1, 0.15) is 0 Å². The monoisotopic (exact) mass is 381 g/mol. The highest BCUT2D eigenvalue weighted by Gasteiger charge is 2.63. The van der Waals surface area contributed by atoms with Crippen LogP contribution in [0.15, 0.2) is 54.7 Å². The number of aromatic nitrogens is 1. The molecule has 2 nitrogen and oxygen atoms in total. The number of rotatable bonds is 5. The van der Waals surface area contributed by atoms with Gasteiger partial charge in [-0.2, -0.15) is 22.0 Å². The molecule has 27 heavy (non-hydrogen) atoms. The van der Waals surface area contributed by atoms with Gasteiger partial charge >= 0.3 is 12.1 Å². The molecule has 0 aliphatic carbocycles.